The van der Waals surface area contributed by atoms with Gasteiger partial charge in [0.1, 0.15) is 11.2 Å². The predicted molar refractivity (Wildman–Crippen MR) is 237 cm³/mol. The molecule has 0 bridgehead atoms. The van der Waals surface area contributed by atoms with Crippen LogP contribution in [-0.4, -0.2) is 0 Å². The highest BCUT2D eigenvalue weighted by atomic mass is 16.3. The van der Waals surface area contributed by atoms with Crippen LogP contribution in [0.5, 0.6) is 0 Å². The molecule has 0 radical (unpaired) electrons. The van der Waals surface area contributed by atoms with E-state index >= 15 is 0 Å². The highest BCUT2D eigenvalue weighted by molar-refractivity contribution is 6.30. The molecule has 0 saturated carbocycles. The molecule has 1 heteroatoms. The summed E-state index contributed by atoms with van der Waals surface area (Å²) < 4.78 is 6.51. The first kappa shape index (κ1) is 33.4. The van der Waals surface area contributed by atoms with E-state index in [9.17, 15) is 0 Å². The maximum absolute atomic E-state index is 6.51. The van der Waals surface area contributed by atoms with E-state index in [2.05, 4.69) is 193 Å². The number of hydrogen-bond acceptors (Lipinski definition) is 1. The number of para-hydroxylation sites is 2. The lowest BCUT2D eigenvalue weighted by molar-refractivity contribution is 0.590. The van der Waals surface area contributed by atoms with Gasteiger partial charge in [0.05, 0.1) is 0 Å². The van der Waals surface area contributed by atoms with Gasteiger partial charge in [-0.1, -0.05) is 181 Å². The number of furan rings is 1. The van der Waals surface area contributed by atoms with Crippen molar-refractivity contribution >= 4 is 54.3 Å². The van der Waals surface area contributed by atoms with E-state index in [0.717, 1.165) is 33.1 Å². The Bertz CT molecular complexity index is 3070. The van der Waals surface area contributed by atoms with Crippen LogP contribution in [0, 0.1) is 0 Å². The van der Waals surface area contributed by atoms with Crippen LogP contribution in [0.15, 0.2) is 162 Å². The molecule has 10 rings (SSSR count). The number of benzene rings is 9. The molecule has 0 aliphatic heterocycles. The van der Waals surface area contributed by atoms with Crippen LogP contribution < -0.4 is 0 Å². The molecule has 1 nitrogen and oxygen atoms in total. The van der Waals surface area contributed by atoms with Crippen LogP contribution in [0.4, 0.5) is 0 Å². The topological polar surface area (TPSA) is 13.1 Å². The molecular formula is C54H44O. The highest BCUT2D eigenvalue weighted by Gasteiger charge is 2.21. The smallest absolute Gasteiger partial charge is 0.143 e. The molecule has 55 heavy (non-hydrogen) atoms. The van der Waals surface area contributed by atoms with Crippen LogP contribution in [0.1, 0.15) is 52.7 Å². The molecule has 9 aromatic carbocycles. The molecule has 0 atom stereocenters. The number of fused-ring (bicyclic) bond motifs is 3. The van der Waals surface area contributed by atoms with Crippen LogP contribution in [0.25, 0.3) is 98.8 Å². The van der Waals surface area contributed by atoms with Crippen molar-refractivity contribution in [3.05, 3.63) is 169 Å². The molecule has 0 spiro atoms. The van der Waals surface area contributed by atoms with Gasteiger partial charge >= 0.3 is 0 Å². The molecule has 0 amide bonds. The lowest BCUT2D eigenvalue weighted by Crippen LogP contribution is -2.10. The second-order valence-corrected chi connectivity index (χ2v) is 17.3. The third-order valence-corrected chi connectivity index (χ3v) is 11.8. The van der Waals surface area contributed by atoms with Crippen molar-refractivity contribution in [2.24, 2.45) is 0 Å². The lowest BCUT2D eigenvalue weighted by Gasteiger charge is -2.22. The third kappa shape index (κ3) is 5.44. The molecule has 0 unspecified atom stereocenters. The van der Waals surface area contributed by atoms with Gasteiger partial charge in [0, 0.05) is 16.3 Å². The van der Waals surface area contributed by atoms with Crippen molar-refractivity contribution in [2.75, 3.05) is 0 Å². The Morgan fingerprint density at radius 3 is 1.55 bits per heavy atom. The summed E-state index contributed by atoms with van der Waals surface area (Å²) in [4.78, 5) is 0. The summed E-state index contributed by atoms with van der Waals surface area (Å²) in [5.41, 5.74) is 14.4. The van der Waals surface area contributed by atoms with Crippen molar-refractivity contribution in [1.82, 2.24) is 0 Å². The Morgan fingerprint density at radius 1 is 0.345 bits per heavy atom. The van der Waals surface area contributed by atoms with Crippen molar-refractivity contribution in [3.8, 4) is 44.5 Å². The van der Waals surface area contributed by atoms with E-state index in [1.165, 1.54) is 76.8 Å². The minimum Gasteiger partial charge on any atom is -0.455 e. The molecule has 266 valence electrons. The van der Waals surface area contributed by atoms with Crippen molar-refractivity contribution in [1.29, 1.82) is 0 Å². The van der Waals surface area contributed by atoms with Gasteiger partial charge in [0.15, 0.2) is 0 Å². The summed E-state index contributed by atoms with van der Waals surface area (Å²) in [5.74, 6) is 0. The molecule has 0 aliphatic rings. The van der Waals surface area contributed by atoms with Crippen LogP contribution >= 0.6 is 0 Å². The summed E-state index contributed by atoms with van der Waals surface area (Å²) >= 11 is 0. The maximum Gasteiger partial charge on any atom is 0.143 e. The molecule has 10 aromatic rings. The first-order chi connectivity index (χ1) is 26.5. The Morgan fingerprint density at radius 2 is 0.873 bits per heavy atom. The van der Waals surface area contributed by atoms with Gasteiger partial charge in [0.25, 0.3) is 0 Å². The zero-order valence-electron chi connectivity index (χ0n) is 32.4. The van der Waals surface area contributed by atoms with Crippen LogP contribution in [-0.2, 0) is 10.8 Å². The summed E-state index contributed by atoms with van der Waals surface area (Å²) in [6, 6.07) is 58.7. The minimum atomic E-state index is 0.0803. The Kier molecular flexibility index (Phi) is 7.39. The van der Waals surface area contributed by atoms with Gasteiger partial charge in [-0.15, -0.1) is 0 Å². The van der Waals surface area contributed by atoms with Gasteiger partial charge in [0.2, 0.25) is 0 Å². The normalized spacial score (nSPS) is 12.5. The van der Waals surface area contributed by atoms with E-state index < -0.39 is 0 Å². The zero-order valence-corrected chi connectivity index (χ0v) is 32.4. The monoisotopic (exact) mass is 708 g/mol. The largest absolute Gasteiger partial charge is 0.455 e. The number of rotatable bonds is 4. The van der Waals surface area contributed by atoms with Crippen molar-refractivity contribution in [2.45, 2.75) is 52.4 Å². The van der Waals surface area contributed by atoms with E-state index in [0.29, 0.717) is 0 Å². The van der Waals surface area contributed by atoms with Gasteiger partial charge in [-0.05, 0) is 111 Å². The SMILES string of the molecule is CC(C)(C)c1ccc(-c2ccc3ccc4c(-c5ccc(C(C)(C)C)cc5)cc(-c5cccc(-c6cccc7c6oc6ccccc67)c5)c5ccc2c3c45)cc1. The second kappa shape index (κ2) is 12.2. The third-order valence-electron chi connectivity index (χ3n) is 11.8. The van der Waals surface area contributed by atoms with E-state index in [1.54, 1.807) is 0 Å². The standard InChI is InChI=1S/C54H44O/c1-53(2,3)38-23-17-33(18-24-38)40-27-21-35-22-28-44-47(34-19-25-39(26-20-34)54(4,5)6)32-48(45-30-29-43(40)50(35)51(44)45)37-12-9-11-36(31-37)41-14-10-15-46-42-13-7-8-16-49(42)55-52(41)46/h7-32H,1-6H3. The Balaban J connectivity index is 1.23. The predicted octanol–water partition coefficient (Wildman–Crippen LogP) is 15.7. The van der Waals surface area contributed by atoms with E-state index in [4.69, 9.17) is 4.42 Å². The van der Waals surface area contributed by atoms with Crippen molar-refractivity contribution in [3.63, 3.8) is 0 Å². The fourth-order valence-electron chi connectivity index (χ4n) is 8.75. The van der Waals surface area contributed by atoms with Gasteiger partial charge < -0.3 is 4.42 Å². The first-order valence-corrected chi connectivity index (χ1v) is 19.5. The molecular weight excluding hydrogens is 665 g/mol. The average Bonchev–Trinajstić information content (AvgIpc) is 3.58. The lowest BCUT2D eigenvalue weighted by atomic mass is 9.82. The summed E-state index contributed by atoms with van der Waals surface area (Å²) in [7, 11) is 0. The highest BCUT2D eigenvalue weighted by Crippen LogP contribution is 2.47. The minimum absolute atomic E-state index is 0.0803. The molecule has 1 heterocycles. The second-order valence-electron chi connectivity index (χ2n) is 17.3. The van der Waals surface area contributed by atoms with Crippen molar-refractivity contribution < 1.29 is 4.42 Å². The van der Waals surface area contributed by atoms with Gasteiger partial charge in [-0.2, -0.15) is 0 Å². The first-order valence-electron chi connectivity index (χ1n) is 19.5. The molecule has 1 aromatic heterocycles. The summed E-state index contributed by atoms with van der Waals surface area (Å²) in [6.07, 6.45) is 0. The zero-order chi connectivity index (χ0) is 37.6. The molecule has 0 fully saturated rings. The summed E-state index contributed by atoms with van der Waals surface area (Å²) in [6.45, 7) is 13.7. The molecule has 0 aliphatic carbocycles. The van der Waals surface area contributed by atoms with Crippen LogP contribution in [0.3, 0.4) is 0 Å². The molecule has 0 N–H and O–H groups in total. The van der Waals surface area contributed by atoms with Crippen LogP contribution in [0.2, 0.25) is 0 Å². The maximum atomic E-state index is 6.51. The Hall–Kier alpha value is -6.18. The fourth-order valence-corrected chi connectivity index (χ4v) is 8.75. The number of hydrogen-bond donors (Lipinski definition) is 0. The quantitative estimate of drug-likeness (QED) is 0.166. The molecule has 0 saturated heterocycles. The average molecular weight is 709 g/mol. The summed E-state index contributed by atoms with van der Waals surface area (Å²) in [5, 5.41) is 10.0. The van der Waals surface area contributed by atoms with Gasteiger partial charge in [-0.25, -0.2) is 0 Å². The van der Waals surface area contributed by atoms with E-state index in [-0.39, 0.29) is 10.8 Å². The van der Waals surface area contributed by atoms with Gasteiger partial charge in [-0.3, -0.25) is 0 Å². The van der Waals surface area contributed by atoms with E-state index in [1.807, 2.05) is 6.07 Å². The Labute approximate surface area is 323 Å². The fraction of sp³-hybridized carbons (Fsp3) is 0.148.